The highest BCUT2D eigenvalue weighted by atomic mass is 35.5. The van der Waals surface area contributed by atoms with Gasteiger partial charge in [-0.25, -0.2) is 0 Å². The van der Waals surface area contributed by atoms with E-state index in [9.17, 15) is 5.11 Å². The van der Waals surface area contributed by atoms with Gasteiger partial charge in [-0.15, -0.1) is 11.3 Å². The molecule has 1 fully saturated rings. The normalized spacial score (nSPS) is 27.7. The lowest BCUT2D eigenvalue weighted by Gasteiger charge is -2.25. The maximum atomic E-state index is 10.1. The third-order valence-electron chi connectivity index (χ3n) is 3.53. The van der Waals surface area contributed by atoms with Gasteiger partial charge in [0.15, 0.2) is 0 Å². The molecule has 96 valence electrons. The predicted molar refractivity (Wildman–Crippen MR) is 73.8 cm³/mol. The number of hydrogen-bond donors (Lipinski definition) is 2. The molecule has 1 aliphatic rings. The van der Waals surface area contributed by atoms with Crippen LogP contribution in [0.3, 0.4) is 0 Å². The maximum Gasteiger partial charge on any atom is 0.0931 e. The minimum atomic E-state index is -0.200. The smallest absolute Gasteiger partial charge is 0.0931 e. The number of rotatable bonds is 3. The lowest BCUT2D eigenvalue weighted by molar-refractivity contribution is 0.115. The van der Waals surface area contributed by atoms with Gasteiger partial charge in [-0.05, 0) is 36.8 Å². The van der Waals surface area contributed by atoms with E-state index in [-0.39, 0.29) is 18.2 Å². The molecule has 2 nitrogen and oxygen atoms in total. The van der Waals surface area contributed by atoms with Crippen molar-refractivity contribution in [1.29, 1.82) is 0 Å². The molecule has 1 aliphatic carbocycles. The molecule has 0 aliphatic heterocycles. The Morgan fingerprint density at radius 1 is 1.41 bits per heavy atom. The fourth-order valence-electron chi connectivity index (χ4n) is 2.45. The first-order valence-electron chi connectivity index (χ1n) is 6.35. The Balaban J connectivity index is 1.94. The molecule has 0 amide bonds. The van der Waals surface area contributed by atoms with Crippen LogP contribution in [0.4, 0.5) is 0 Å². The summed E-state index contributed by atoms with van der Waals surface area (Å²) in [5.74, 6) is 0. The first kappa shape index (κ1) is 13.3. The van der Waals surface area contributed by atoms with Gasteiger partial charge in [0.05, 0.1) is 10.4 Å². The second-order valence-electron chi connectivity index (χ2n) is 4.88. The van der Waals surface area contributed by atoms with Gasteiger partial charge in [0.25, 0.3) is 0 Å². The molecule has 3 unspecified atom stereocenters. The van der Waals surface area contributed by atoms with Crippen molar-refractivity contribution in [3.63, 3.8) is 0 Å². The van der Waals surface area contributed by atoms with E-state index < -0.39 is 0 Å². The monoisotopic (exact) mass is 273 g/mol. The highest BCUT2D eigenvalue weighted by Gasteiger charge is 2.23. The summed E-state index contributed by atoms with van der Waals surface area (Å²) in [5.41, 5.74) is 1.22. The number of aliphatic hydroxyl groups excluding tert-OH is 1. The summed E-state index contributed by atoms with van der Waals surface area (Å²) in [5, 5.41) is 15.7. The zero-order chi connectivity index (χ0) is 12.3. The predicted octanol–water partition coefficient (Wildman–Crippen LogP) is 3.75. The topological polar surface area (TPSA) is 32.3 Å². The van der Waals surface area contributed by atoms with Crippen LogP contribution in [0.1, 0.15) is 50.6 Å². The first-order chi connectivity index (χ1) is 8.16. The van der Waals surface area contributed by atoms with Gasteiger partial charge in [-0.1, -0.05) is 30.9 Å². The van der Waals surface area contributed by atoms with Crippen LogP contribution >= 0.6 is 22.9 Å². The van der Waals surface area contributed by atoms with Crippen LogP contribution in [0.5, 0.6) is 0 Å². The van der Waals surface area contributed by atoms with Crippen molar-refractivity contribution in [2.75, 3.05) is 0 Å². The quantitative estimate of drug-likeness (QED) is 0.822. The maximum absolute atomic E-state index is 10.1. The van der Waals surface area contributed by atoms with E-state index in [0.29, 0.717) is 0 Å². The lowest BCUT2D eigenvalue weighted by atomic mass is 10.0. The molecule has 1 saturated carbocycles. The minimum Gasteiger partial charge on any atom is -0.392 e. The van der Waals surface area contributed by atoms with Crippen LogP contribution in [-0.4, -0.2) is 17.3 Å². The molecule has 4 heteroatoms. The van der Waals surface area contributed by atoms with Crippen LogP contribution < -0.4 is 5.32 Å². The van der Waals surface area contributed by atoms with Gasteiger partial charge >= 0.3 is 0 Å². The number of thiophene rings is 1. The van der Waals surface area contributed by atoms with Crippen molar-refractivity contribution < 1.29 is 5.11 Å². The SMILES string of the molecule is CC(NC1CCCCCC1O)c1csc(Cl)c1. The molecule has 0 spiro atoms. The summed E-state index contributed by atoms with van der Waals surface area (Å²) in [6, 6.07) is 2.50. The molecule has 1 heterocycles. The van der Waals surface area contributed by atoms with E-state index in [1.54, 1.807) is 11.3 Å². The van der Waals surface area contributed by atoms with Crippen molar-refractivity contribution in [3.8, 4) is 0 Å². The molecular formula is C13H20ClNOS. The summed E-state index contributed by atoms with van der Waals surface area (Å²) < 4.78 is 0.829. The summed E-state index contributed by atoms with van der Waals surface area (Å²) in [4.78, 5) is 0. The second kappa shape index (κ2) is 6.19. The van der Waals surface area contributed by atoms with Gasteiger partial charge < -0.3 is 10.4 Å². The number of aliphatic hydroxyl groups is 1. The summed E-state index contributed by atoms with van der Waals surface area (Å²) in [6.45, 7) is 2.13. The van der Waals surface area contributed by atoms with Crippen LogP contribution in [0, 0.1) is 0 Å². The number of hydrogen-bond acceptors (Lipinski definition) is 3. The molecule has 17 heavy (non-hydrogen) atoms. The summed E-state index contributed by atoms with van der Waals surface area (Å²) in [6.07, 6.45) is 5.41. The Labute approximate surface area is 112 Å². The third-order valence-corrected chi connectivity index (χ3v) is 4.64. The standard InChI is InChI=1S/C13H20ClNOS/c1-9(10-7-13(14)17-8-10)15-11-5-3-2-4-6-12(11)16/h7-9,11-12,15-16H,2-6H2,1H3. The van der Waals surface area contributed by atoms with Crippen LogP contribution in [0.15, 0.2) is 11.4 Å². The Bertz CT molecular complexity index is 355. The molecule has 1 aromatic heterocycles. The summed E-state index contributed by atoms with van der Waals surface area (Å²) >= 11 is 7.51. The highest BCUT2D eigenvalue weighted by Crippen LogP contribution is 2.26. The minimum absolute atomic E-state index is 0.200. The molecular weight excluding hydrogens is 254 g/mol. The van der Waals surface area contributed by atoms with E-state index >= 15 is 0 Å². The summed E-state index contributed by atoms with van der Waals surface area (Å²) in [7, 11) is 0. The van der Waals surface area contributed by atoms with Gasteiger partial charge in [0, 0.05) is 12.1 Å². The van der Waals surface area contributed by atoms with Crippen LogP contribution in [-0.2, 0) is 0 Å². The molecule has 0 radical (unpaired) electrons. The van der Waals surface area contributed by atoms with Gasteiger partial charge in [0.2, 0.25) is 0 Å². The second-order valence-corrected chi connectivity index (χ2v) is 6.43. The van der Waals surface area contributed by atoms with Crippen molar-refractivity contribution >= 4 is 22.9 Å². The van der Waals surface area contributed by atoms with E-state index in [4.69, 9.17) is 11.6 Å². The van der Waals surface area contributed by atoms with Crippen molar-refractivity contribution in [2.45, 2.75) is 57.2 Å². The first-order valence-corrected chi connectivity index (χ1v) is 7.60. The Morgan fingerprint density at radius 3 is 2.88 bits per heavy atom. The van der Waals surface area contributed by atoms with Gasteiger partial charge in [0.1, 0.15) is 0 Å². The Morgan fingerprint density at radius 2 is 2.18 bits per heavy atom. The third kappa shape index (κ3) is 3.68. The van der Waals surface area contributed by atoms with Gasteiger partial charge in [-0.3, -0.25) is 0 Å². The number of nitrogens with one attached hydrogen (secondary N) is 1. The van der Waals surface area contributed by atoms with E-state index in [2.05, 4.69) is 17.6 Å². The Kier molecular flexibility index (Phi) is 4.86. The van der Waals surface area contributed by atoms with E-state index in [1.165, 1.54) is 18.4 Å². The van der Waals surface area contributed by atoms with E-state index in [0.717, 1.165) is 23.6 Å². The number of halogens is 1. The van der Waals surface area contributed by atoms with Gasteiger partial charge in [-0.2, -0.15) is 0 Å². The average molecular weight is 274 g/mol. The zero-order valence-electron chi connectivity index (χ0n) is 10.2. The Hall–Kier alpha value is -0.0900. The molecule has 3 atom stereocenters. The van der Waals surface area contributed by atoms with Crippen molar-refractivity contribution in [1.82, 2.24) is 5.32 Å². The van der Waals surface area contributed by atoms with Crippen LogP contribution in [0.2, 0.25) is 4.34 Å². The molecule has 0 aromatic carbocycles. The average Bonchev–Trinajstić information content (AvgIpc) is 2.63. The highest BCUT2D eigenvalue weighted by molar-refractivity contribution is 7.14. The molecule has 0 bridgehead atoms. The van der Waals surface area contributed by atoms with E-state index in [1.807, 2.05) is 6.07 Å². The molecule has 2 rings (SSSR count). The van der Waals surface area contributed by atoms with Crippen molar-refractivity contribution in [3.05, 3.63) is 21.3 Å². The lowest BCUT2D eigenvalue weighted by Crippen LogP contribution is -2.40. The fraction of sp³-hybridized carbons (Fsp3) is 0.692. The molecule has 1 aromatic rings. The molecule has 2 N–H and O–H groups in total. The molecule has 0 saturated heterocycles. The largest absolute Gasteiger partial charge is 0.392 e. The zero-order valence-corrected chi connectivity index (χ0v) is 11.7. The van der Waals surface area contributed by atoms with Crippen molar-refractivity contribution in [2.24, 2.45) is 0 Å². The van der Waals surface area contributed by atoms with Crippen LogP contribution in [0.25, 0.3) is 0 Å². The fourth-order valence-corrected chi connectivity index (χ4v) is 3.43.